The Balaban J connectivity index is 2.18. The van der Waals surface area contributed by atoms with Crippen molar-refractivity contribution in [2.24, 2.45) is 11.8 Å². The largest absolute Gasteiger partial charge is 0.480 e. The van der Waals surface area contributed by atoms with Crippen molar-refractivity contribution in [2.75, 3.05) is 19.5 Å². The first-order chi connectivity index (χ1) is 18.8. The number of carbonyl (C=O) groups is 3. The van der Waals surface area contributed by atoms with Gasteiger partial charge in [0.2, 0.25) is 0 Å². The second-order valence-corrected chi connectivity index (χ2v) is 10.9. The van der Waals surface area contributed by atoms with Crippen LogP contribution < -0.4 is 5.32 Å². The van der Waals surface area contributed by atoms with Crippen LogP contribution in [0.4, 0.5) is 15.3 Å². The van der Waals surface area contributed by atoms with E-state index in [4.69, 9.17) is 9.47 Å². The first-order valence-electron chi connectivity index (χ1n) is 13.3. The smallest absolute Gasteiger partial charge is 0.411 e. The molecular weight excluding hydrogens is 516 g/mol. The van der Waals surface area contributed by atoms with Crippen molar-refractivity contribution in [3.05, 3.63) is 65.7 Å². The van der Waals surface area contributed by atoms with Crippen LogP contribution in [0.3, 0.4) is 0 Å². The first-order valence-corrected chi connectivity index (χ1v) is 13.3. The number of rotatable bonds is 14. The first kappa shape index (κ1) is 32.6. The van der Waals surface area contributed by atoms with E-state index >= 15 is 0 Å². The Morgan fingerprint density at radius 2 is 1.62 bits per heavy atom. The number of hydrogen-bond acceptors (Lipinski definition) is 7. The number of anilines is 1. The van der Waals surface area contributed by atoms with E-state index in [-0.39, 0.29) is 25.4 Å². The average molecular weight is 559 g/mol. The van der Waals surface area contributed by atoms with E-state index in [0.717, 1.165) is 16.0 Å². The number of ether oxygens (including phenoxy) is 3. The van der Waals surface area contributed by atoms with Gasteiger partial charge in [-0.2, -0.15) is 0 Å². The summed E-state index contributed by atoms with van der Waals surface area (Å²) >= 11 is 0. The molecule has 0 fully saturated rings. The van der Waals surface area contributed by atoms with Crippen molar-refractivity contribution in [1.82, 2.24) is 4.90 Å². The lowest BCUT2D eigenvalue weighted by Gasteiger charge is -2.34. The third-order valence-corrected chi connectivity index (χ3v) is 6.40. The number of aliphatic hydroxyl groups excluding tert-OH is 1. The molecule has 0 aliphatic rings. The van der Waals surface area contributed by atoms with Crippen molar-refractivity contribution < 1.29 is 38.8 Å². The van der Waals surface area contributed by atoms with Gasteiger partial charge < -0.3 is 24.4 Å². The Morgan fingerprint density at radius 1 is 1.00 bits per heavy atom. The van der Waals surface area contributed by atoms with Crippen LogP contribution in [0.25, 0.3) is 0 Å². The van der Waals surface area contributed by atoms with Crippen LogP contribution in [-0.4, -0.2) is 65.4 Å². The molecule has 0 saturated heterocycles. The van der Waals surface area contributed by atoms with Crippen molar-refractivity contribution in [1.29, 1.82) is 0 Å². The maximum Gasteiger partial charge on any atom is 0.411 e. The van der Waals surface area contributed by atoms with Gasteiger partial charge in [0.25, 0.3) is 0 Å². The maximum atomic E-state index is 13.0. The molecule has 0 aliphatic carbocycles. The Morgan fingerprint density at radius 3 is 2.17 bits per heavy atom. The number of hydrogen-bond donors (Lipinski definition) is 3. The third kappa shape index (κ3) is 10.9. The van der Waals surface area contributed by atoms with Gasteiger partial charge in [-0.25, -0.2) is 14.4 Å². The average Bonchev–Trinajstić information content (AvgIpc) is 2.90. The lowest BCUT2D eigenvalue weighted by Crippen LogP contribution is -2.46. The normalized spacial score (nSPS) is 13.7. The predicted octanol–water partition coefficient (Wildman–Crippen LogP) is 5.30. The fraction of sp³-hybridized carbons (Fsp3) is 0.500. The van der Waals surface area contributed by atoms with Crippen LogP contribution in [-0.2, 0) is 32.0 Å². The van der Waals surface area contributed by atoms with Gasteiger partial charge in [-0.05, 0) is 62.3 Å². The zero-order valence-electron chi connectivity index (χ0n) is 24.1. The van der Waals surface area contributed by atoms with E-state index in [9.17, 15) is 24.6 Å². The molecule has 2 rings (SSSR count). The van der Waals surface area contributed by atoms with Gasteiger partial charge in [0.15, 0.2) is 6.29 Å². The Kier molecular flexibility index (Phi) is 12.4. The number of nitrogens with one attached hydrogen (secondary N) is 1. The number of carboxylic acids is 1. The molecular formula is C30H42N2O8. The fourth-order valence-electron chi connectivity index (χ4n) is 4.34. The van der Waals surface area contributed by atoms with E-state index in [1.807, 2.05) is 56.3 Å². The summed E-state index contributed by atoms with van der Waals surface area (Å²) in [4.78, 5) is 37.3. The van der Waals surface area contributed by atoms with Crippen molar-refractivity contribution in [3.8, 4) is 0 Å². The van der Waals surface area contributed by atoms with Gasteiger partial charge in [0.05, 0.1) is 13.7 Å². The molecule has 0 radical (unpaired) electrons. The number of likely N-dealkylation sites (N-methyl/N-ethyl adjacent to an activating group) is 1. The van der Waals surface area contributed by atoms with E-state index in [0.29, 0.717) is 12.1 Å². The van der Waals surface area contributed by atoms with Gasteiger partial charge >= 0.3 is 18.2 Å². The molecule has 2 amide bonds. The molecule has 10 nitrogen and oxygen atoms in total. The highest BCUT2D eigenvalue weighted by Gasteiger charge is 2.35. The highest BCUT2D eigenvalue weighted by Crippen LogP contribution is 2.29. The number of carboxylic acid groups (broad SMARTS) is 1. The summed E-state index contributed by atoms with van der Waals surface area (Å²) in [5.41, 5.74) is 1.26. The lowest BCUT2D eigenvalue weighted by molar-refractivity contribution is -0.155. The molecule has 0 spiro atoms. The molecule has 2 aromatic rings. The third-order valence-electron chi connectivity index (χ3n) is 6.40. The number of methoxy groups -OCH3 is 1. The van der Waals surface area contributed by atoms with Gasteiger partial charge in [-0.1, -0.05) is 56.3 Å². The molecule has 220 valence electrons. The van der Waals surface area contributed by atoms with Crippen LogP contribution in [0, 0.1) is 11.8 Å². The van der Waals surface area contributed by atoms with Gasteiger partial charge in [-0.15, -0.1) is 0 Å². The molecule has 0 heterocycles. The molecule has 2 aromatic carbocycles. The predicted molar refractivity (Wildman–Crippen MR) is 151 cm³/mol. The van der Waals surface area contributed by atoms with Crippen molar-refractivity contribution in [2.45, 2.75) is 71.5 Å². The maximum absolute atomic E-state index is 13.0. The molecule has 10 heteroatoms. The van der Waals surface area contributed by atoms with Gasteiger partial charge in [-0.3, -0.25) is 10.2 Å². The summed E-state index contributed by atoms with van der Waals surface area (Å²) in [6, 6.07) is 15.5. The standard InChI is InChI=1S/C30H42N2O8/c1-20(2)16-25(26(33)34)32(5)29(37)40-30(3,4)18-23(27(35)39-19-22-10-8-7-9-11-22)17-21-12-14-24(15-13-21)31-28(36)38-6/h7-15,20,23,25,27,35H,16-19H2,1-6H3,(H,31,36)(H,33,34)/t23-,25-,27-/m1/s1. The SMILES string of the molecule is COC(=O)Nc1ccc(C[C@H](CC(C)(C)OC(=O)N(C)[C@H](CC(C)C)C(=O)O)[C@H](O)OCc2ccccc2)cc1. The number of nitrogens with zero attached hydrogens (tertiary/aromatic N) is 1. The van der Waals surface area contributed by atoms with E-state index in [2.05, 4.69) is 10.1 Å². The highest BCUT2D eigenvalue weighted by atomic mass is 16.6. The van der Waals surface area contributed by atoms with Crippen LogP contribution in [0.1, 0.15) is 51.7 Å². The van der Waals surface area contributed by atoms with E-state index < -0.39 is 42.0 Å². The Hall–Kier alpha value is -3.63. The quantitative estimate of drug-likeness (QED) is 0.266. The minimum atomic E-state index is -1.18. The van der Waals surface area contributed by atoms with Crippen molar-refractivity contribution in [3.63, 3.8) is 0 Å². The van der Waals surface area contributed by atoms with Crippen LogP contribution >= 0.6 is 0 Å². The number of aliphatic hydroxyl groups is 1. The van der Waals surface area contributed by atoms with Crippen LogP contribution in [0.2, 0.25) is 0 Å². The van der Waals surface area contributed by atoms with E-state index in [1.165, 1.54) is 14.2 Å². The number of aliphatic carboxylic acids is 1. The number of carbonyl (C=O) groups excluding carboxylic acids is 2. The molecule has 3 N–H and O–H groups in total. The monoisotopic (exact) mass is 558 g/mol. The summed E-state index contributed by atoms with van der Waals surface area (Å²) in [5.74, 6) is -1.51. The van der Waals surface area contributed by atoms with Crippen molar-refractivity contribution >= 4 is 23.8 Å². The highest BCUT2D eigenvalue weighted by molar-refractivity contribution is 5.84. The minimum Gasteiger partial charge on any atom is -0.480 e. The van der Waals surface area contributed by atoms with E-state index in [1.54, 1.807) is 26.0 Å². The van der Waals surface area contributed by atoms with Gasteiger partial charge in [0.1, 0.15) is 11.6 Å². The van der Waals surface area contributed by atoms with Crippen LogP contribution in [0.15, 0.2) is 54.6 Å². The summed E-state index contributed by atoms with van der Waals surface area (Å²) in [6.45, 7) is 7.41. The van der Waals surface area contributed by atoms with Gasteiger partial charge in [0, 0.05) is 18.7 Å². The van der Waals surface area contributed by atoms with Crippen LogP contribution in [0.5, 0.6) is 0 Å². The second-order valence-electron chi connectivity index (χ2n) is 10.9. The molecule has 40 heavy (non-hydrogen) atoms. The topological polar surface area (TPSA) is 135 Å². The fourth-order valence-corrected chi connectivity index (χ4v) is 4.34. The summed E-state index contributed by atoms with van der Waals surface area (Å²) < 4.78 is 16.2. The zero-order valence-corrected chi connectivity index (χ0v) is 24.1. The molecule has 0 saturated carbocycles. The molecule has 0 unspecified atom stereocenters. The molecule has 0 aliphatic heterocycles. The summed E-state index contributed by atoms with van der Waals surface area (Å²) in [6.07, 6.45) is -1.62. The molecule has 0 aromatic heterocycles. The number of amides is 2. The minimum absolute atomic E-state index is 0.0693. The molecule has 3 atom stereocenters. The Labute approximate surface area is 236 Å². The Bertz CT molecular complexity index is 1090. The summed E-state index contributed by atoms with van der Waals surface area (Å²) in [5, 5.41) is 23.3. The second kappa shape index (κ2) is 15.2. The summed E-state index contributed by atoms with van der Waals surface area (Å²) in [7, 11) is 2.70. The zero-order chi connectivity index (χ0) is 29.9. The molecule has 0 bridgehead atoms. The lowest BCUT2D eigenvalue weighted by atomic mass is 9.87. The number of benzene rings is 2.